The number of hydrogen-bond acceptors (Lipinski definition) is 3. The van der Waals surface area contributed by atoms with Crippen molar-refractivity contribution in [2.24, 2.45) is 4.99 Å². The Kier molecular flexibility index (Phi) is 3.87. The molecule has 0 aliphatic carbocycles. The molecule has 4 heteroatoms. The third kappa shape index (κ3) is 2.47. The molecule has 2 aromatic rings. The number of hydrogen-bond donors (Lipinski definition) is 2. The Bertz CT molecular complexity index is 558. The number of benzene rings is 1. The lowest BCUT2D eigenvalue weighted by Gasteiger charge is -1.99. The number of aromatic amines is 1. The van der Waals surface area contributed by atoms with Crippen LogP contribution in [0.5, 0.6) is 11.6 Å². The van der Waals surface area contributed by atoms with E-state index in [1.54, 1.807) is 13.3 Å². The molecule has 96 valence electrons. The van der Waals surface area contributed by atoms with Crippen LogP contribution >= 0.6 is 0 Å². The van der Waals surface area contributed by atoms with Gasteiger partial charge in [0.25, 0.3) is 0 Å². The van der Waals surface area contributed by atoms with Crippen molar-refractivity contribution in [3.8, 4) is 11.6 Å². The summed E-state index contributed by atoms with van der Waals surface area (Å²) in [6.07, 6.45) is 3.90. The molecule has 0 bridgehead atoms. The van der Waals surface area contributed by atoms with Crippen LogP contribution < -0.4 is 4.74 Å². The van der Waals surface area contributed by atoms with Crippen LogP contribution in [0.15, 0.2) is 23.2 Å². The molecule has 1 heterocycles. The van der Waals surface area contributed by atoms with Crippen molar-refractivity contribution in [2.45, 2.75) is 19.8 Å². The molecule has 0 radical (unpaired) electrons. The Morgan fingerprint density at radius 1 is 1.44 bits per heavy atom. The molecule has 0 saturated heterocycles. The molecule has 0 amide bonds. The van der Waals surface area contributed by atoms with E-state index in [1.807, 2.05) is 18.2 Å². The Morgan fingerprint density at radius 3 is 3.00 bits per heavy atom. The van der Waals surface area contributed by atoms with Crippen molar-refractivity contribution in [3.05, 3.63) is 23.8 Å². The lowest BCUT2D eigenvalue weighted by Crippen LogP contribution is -1.85. The monoisotopic (exact) mass is 246 g/mol. The van der Waals surface area contributed by atoms with Gasteiger partial charge in [0.05, 0.1) is 12.7 Å². The highest BCUT2D eigenvalue weighted by molar-refractivity contribution is 6.02. The molecule has 0 spiro atoms. The zero-order valence-electron chi connectivity index (χ0n) is 10.7. The molecule has 2 N–H and O–H groups in total. The van der Waals surface area contributed by atoms with Crippen molar-refractivity contribution in [1.82, 2.24) is 4.98 Å². The van der Waals surface area contributed by atoms with Gasteiger partial charge in [-0.15, -0.1) is 0 Å². The maximum absolute atomic E-state index is 9.87. The third-order valence-electron chi connectivity index (χ3n) is 2.89. The number of H-pyrrole nitrogens is 1. The first-order chi connectivity index (χ1) is 8.76. The number of fused-ring (bicyclic) bond motifs is 1. The summed E-state index contributed by atoms with van der Waals surface area (Å²) in [7, 11) is 1.63. The minimum absolute atomic E-state index is 0.151. The van der Waals surface area contributed by atoms with E-state index in [0.29, 0.717) is 0 Å². The number of methoxy groups -OCH3 is 1. The van der Waals surface area contributed by atoms with E-state index in [9.17, 15) is 5.11 Å². The lowest BCUT2D eigenvalue weighted by molar-refractivity contribution is 0.415. The maximum atomic E-state index is 9.87. The summed E-state index contributed by atoms with van der Waals surface area (Å²) in [5.41, 5.74) is 1.60. The summed E-state index contributed by atoms with van der Waals surface area (Å²) in [4.78, 5) is 7.25. The maximum Gasteiger partial charge on any atom is 0.198 e. The van der Waals surface area contributed by atoms with Gasteiger partial charge in [0.1, 0.15) is 5.75 Å². The lowest BCUT2D eigenvalue weighted by atomic mass is 10.2. The average molecular weight is 246 g/mol. The standard InChI is InChI=1S/C14H18N2O2/c1-3-4-7-15-9-12-11-8-10(18-2)5-6-13(11)16-14(12)17/h5-6,8-9,16-17H,3-4,7H2,1-2H3. The fourth-order valence-corrected chi connectivity index (χ4v) is 1.84. The molecule has 1 aromatic carbocycles. The number of ether oxygens (including phenoxy) is 1. The van der Waals surface area contributed by atoms with Gasteiger partial charge in [-0.05, 0) is 24.6 Å². The molecule has 1 aromatic heterocycles. The minimum atomic E-state index is 0.151. The van der Waals surface area contributed by atoms with Crippen LogP contribution in [0.2, 0.25) is 0 Å². The number of aliphatic imine (C=N–C) groups is 1. The van der Waals surface area contributed by atoms with E-state index >= 15 is 0 Å². The van der Waals surface area contributed by atoms with Gasteiger partial charge in [-0.2, -0.15) is 0 Å². The normalized spacial score (nSPS) is 11.4. The SMILES string of the molecule is CCCCN=Cc1c(O)[nH]c2ccc(OC)cc12. The summed E-state index contributed by atoms with van der Waals surface area (Å²) in [5, 5.41) is 10.8. The topological polar surface area (TPSA) is 57.6 Å². The van der Waals surface area contributed by atoms with E-state index in [4.69, 9.17) is 4.74 Å². The van der Waals surface area contributed by atoms with Gasteiger partial charge >= 0.3 is 0 Å². The van der Waals surface area contributed by atoms with Crippen LogP contribution in [0, 0.1) is 0 Å². The molecular formula is C14H18N2O2. The summed E-state index contributed by atoms with van der Waals surface area (Å²) in [5.74, 6) is 0.920. The van der Waals surface area contributed by atoms with E-state index in [1.165, 1.54) is 0 Å². The van der Waals surface area contributed by atoms with Crippen molar-refractivity contribution in [3.63, 3.8) is 0 Å². The van der Waals surface area contributed by atoms with Crippen LogP contribution in [0.25, 0.3) is 10.9 Å². The molecule has 2 rings (SSSR count). The molecule has 0 saturated carbocycles. The molecule has 4 nitrogen and oxygen atoms in total. The van der Waals surface area contributed by atoms with E-state index < -0.39 is 0 Å². The Morgan fingerprint density at radius 2 is 2.28 bits per heavy atom. The van der Waals surface area contributed by atoms with Gasteiger partial charge in [-0.25, -0.2) is 0 Å². The van der Waals surface area contributed by atoms with Crippen molar-refractivity contribution in [1.29, 1.82) is 0 Å². The number of nitrogens with zero attached hydrogens (tertiary/aromatic N) is 1. The van der Waals surface area contributed by atoms with Crippen molar-refractivity contribution >= 4 is 17.1 Å². The Labute approximate surface area is 106 Å². The molecule has 0 aliphatic heterocycles. The van der Waals surface area contributed by atoms with Crippen LogP contribution in [0.3, 0.4) is 0 Å². The molecule has 18 heavy (non-hydrogen) atoms. The zero-order chi connectivity index (χ0) is 13.0. The number of unbranched alkanes of at least 4 members (excludes halogenated alkanes) is 1. The van der Waals surface area contributed by atoms with E-state index in [-0.39, 0.29) is 5.88 Å². The second-order valence-corrected chi connectivity index (χ2v) is 4.19. The molecule has 0 fully saturated rings. The summed E-state index contributed by atoms with van der Waals surface area (Å²) in [6.45, 7) is 2.91. The number of nitrogens with one attached hydrogen (secondary N) is 1. The molecule has 0 atom stereocenters. The van der Waals surface area contributed by atoms with Gasteiger partial charge in [0, 0.05) is 23.7 Å². The highest BCUT2D eigenvalue weighted by Gasteiger charge is 2.09. The minimum Gasteiger partial charge on any atom is -0.497 e. The van der Waals surface area contributed by atoms with Crippen LogP contribution in [0.1, 0.15) is 25.3 Å². The van der Waals surface area contributed by atoms with Crippen LogP contribution in [-0.4, -0.2) is 30.0 Å². The summed E-state index contributed by atoms with van der Waals surface area (Å²) in [6, 6.07) is 5.64. The van der Waals surface area contributed by atoms with Gasteiger partial charge in [0.2, 0.25) is 0 Å². The molecular weight excluding hydrogens is 228 g/mol. The second-order valence-electron chi connectivity index (χ2n) is 4.19. The fraction of sp³-hybridized carbons (Fsp3) is 0.357. The first kappa shape index (κ1) is 12.5. The van der Waals surface area contributed by atoms with Gasteiger partial charge < -0.3 is 14.8 Å². The number of rotatable bonds is 5. The first-order valence-corrected chi connectivity index (χ1v) is 6.14. The average Bonchev–Trinajstić information content (AvgIpc) is 2.70. The first-order valence-electron chi connectivity index (χ1n) is 6.14. The van der Waals surface area contributed by atoms with Crippen LogP contribution in [-0.2, 0) is 0 Å². The molecule has 0 unspecified atom stereocenters. The smallest absolute Gasteiger partial charge is 0.198 e. The summed E-state index contributed by atoms with van der Waals surface area (Å²) < 4.78 is 5.19. The van der Waals surface area contributed by atoms with Gasteiger partial charge in [0.15, 0.2) is 5.88 Å². The number of aromatic hydroxyl groups is 1. The fourth-order valence-electron chi connectivity index (χ4n) is 1.84. The third-order valence-corrected chi connectivity index (χ3v) is 2.89. The predicted octanol–water partition coefficient (Wildman–Crippen LogP) is 3.10. The van der Waals surface area contributed by atoms with E-state index in [0.717, 1.165) is 41.6 Å². The quantitative estimate of drug-likeness (QED) is 0.629. The molecule has 0 aliphatic rings. The highest BCUT2D eigenvalue weighted by atomic mass is 16.5. The zero-order valence-corrected chi connectivity index (χ0v) is 10.7. The predicted molar refractivity (Wildman–Crippen MR) is 73.9 cm³/mol. The van der Waals surface area contributed by atoms with E-state index in [2.05, 4.69) is 16.9 Å². The van der Waals surface area contributed by atoms with Crippen molar-refractivity contribution < 1.29 is 9.84 Å². The highest BCUT2D eigenvalue weighted by Crippen LogP contribution is 2.28. The summed E-state index contributed by atoms with van der Waals surface area (Å²) >= 11 is 0. The Balaban J connectivity index is 2.35. The van der Waals surface area contributed by atoms with Gasteiger partial charge in [-0.3, -0.25) is 4.99 Å². The largest absolute Gasteiger partial charge is 0.497 e. The Hall–Kier alpha value is -1.97. The van der Waals surface area contributed by atoms with Crippen molar-refractivity contribution in [2.75, 3.05) is 13.7 Å². The van der Waals surface area contributed by atoms with Crippen LogP contribution in [0.4, 0.5) is 0 Å². The second kappa shape index (κ2) is 5.58. The number of aromatic nitrogens is 1. The van der Waals surface area contributed by atoms with Gasteiger partial charge in [-0.1, -0.05) is 13.3 Å².